The van der Waals surface area contributed by atoms with Crippen LogP contribution in [0.25, 0.3) is 0 Å². The largest absolute Gasteiger partial charge is 0.493 e. The molecule has 1 saturated carbocycles. The number of carbonyl (C=O) groups excluding carboxylic acids is 1. The maximum absolute atomic E-state index is 13.2. The van der Waals surface area contributed by atoms with Gasteiger partial charge in [-0.1, -0.05) is 6.04 Å². The van der Waals surface area contributed by atoms with Gasteiger partial charge in [-0.3, -0.25) is 4.79 Å². The summed E-state index contributed by atoms with van der Waals surface area (Å²) in [4.78, 5) is 14.0. The second-order valence-electron chi connectivity index (χ2n) is 6.36. The Morgan fingerprint density at radius 2 is 2.48 bits per heavy atom. The van der Waals surface area contributed by atoms with Crippen LogP contribution < -0.4 is 9.47 Å². The van der Waals surface area contributed by atoms with Crippen molar-refractivity contribution >= 4 is 5.78 Å². The summed E-state index contributed by atoms with van der Waals surface area (Å²) in [5.74, 6) is -2.36. The van der Waals surface area contributed by atoms with Crippen molar-refractivity contribution in [2.24, 2.45) is 0 Å². The van der Waals surface area contributed by atoms with Crippen molar-refractivity contribution in [1.29, 1.82) is 0 Å². The Bertz CT molecular complexity index is 1160. The topological polar surface area (TPSA) is 59.0 Å². The van der Waals surface area contributed by atoms with E-state index in [2.05, 4.69) is 0 Å². The van der Waals surface area contributed by atoms with Gasteiger partial charge in [-0.05, 0) is 44.3 Å². The number of likely N-dealkylation sites (N-methyl/N-ethyl adjacent to an activating group) is 1. The highest BCUT2D eigenvalue weighted by Crippen LogP contribution is 2.64. The van der Waals surface area contributed by atoms with Gasteiger partial charge in [0.05, 0.1) is 24.9 Å². The number of hydrogen-bond donors (Lipinski definition) is 1. The van der Waals surface area contributed by atoms with Crippen molar-refractivity contribution in [3.63, 3.8) is 0 Å². The molecule has 1 aromatic rings. The number of methoxy groups -OCH3 is 1. The number of Topliss-reactive ketones (excluding diaryl/α,β-unsaturated/α-hetero) is 1. The number of rotatable bonds is 1. The van der Waals surface area contributed by atoms with Crippen LogP contribution in [-0.2, 0) is 16.6 Å². The van der Waals surface area contributed by atoms with Gasteiger partial charge in [0.15, 0.2) is 23.4 Å². The number of aliphatic hydroxyl groups is 1. The number of carbonyl (C=O) groups is 1. The van der Waals surface area contributed by atoms with Crippen LogP contribution in [0.4, 0.5) is 0 Å². The molecule has 2 fully saturated rings. The van der Waals surface area contributed by atoms with Gasteiger partial charge in [-0.2, -0.15) is 0 Å². The first kappa shape index (κ1) is 6.37. The Labute approximate surface area is 152 Å². The zero-order valence-corrected chi connectivity index (χ0v) is 11.9. The molecule has 1 saturated heterocycles. The Morgan fingerprint density at radius 3 is 3.30 bits per heavy atom. The lowest BCUT2D eigenvalue weighted by molar-refractivity contribution is -0.185. The fraction of sp³-hybridized carbons (Fsp3) is 0.611. The summed E-state index contributed by atoms with van der Waals surface area (Å²) in [7, 11) is -3.11. The third kappa shape index (κ3) is 1.32. The van der Waals surface area contributed by atoms with E-state index in [4.69, 9.17) is 25.9 Å². The molecule has 122 valence electrons. The molecule has 23 heavy (non-hydrogen) atoms. The molecule has 1 spiro atoms. The highest BCUT2D eigenvalue weighted by atomic mass is 16.5. The van der Waals surface area contributed by atoms with E-state index in [-0.39, 0.29) is 18.5 Å². The zero-order valence-electron chi connectivity index (χ0n) is 23.9. The molecule has 2 aliphatic carbocycles. The van der Waals surface area contributed by atoms with Crippen LogP contribution >= 0.6 is 0 Å². The minimum Gasteiger partial charge on any atom is -0.493 e. The van der Waals surface area contributed by atoms with Gasteiger partial charge in [0.25, 0.3) is 0 Å². The van der Waals surface area contributed by atoms with E-state index >= 15 is 0 Å². The molecule has 5 heteroatoms. The Kier molecular flexibility index (Phi) is 1.13. The second kappa shape index (κ2) is 4.08. The Balaban J connectivity index is 1.93. The molecule has 5 nitrogen and oxygen atoms in total. The van der Waals surface area contributed by atoms with Crippen molar-refractivity contribution in [1.82, 2.24) is 4.90 Å². The summed E-state index contributed by atoms with van der Waals surface area (Å²) in [6.45, 7) is -3.25. The van der Waals surface area contributed by atoms with E-state index in [9.17, 15) is 9.90 Å². The summed E-state index contributed by atoms with van der Waals surface area (Å²) in [5, 5.41) is 12.2. The molecule has 4 aliphatic rings. The lowest BCUT2D eigenvalue weighted by Gasteiger charge is -2.62. The van der Waals surface area contributed by atoms with Crippen LogP contribution in [-0.4, -0.2) is 54.1 Å². The molecule has 2 bridgehead atoms. The molecule has 0 aromatic heterocycles. The van der Waals surface area contributed by atoms with E-state index in [1.54, 1.807) is 0 Å². The zero-order chi connectivity index (χ0) is 26.3. The molecule has 1 N–H and O–H groups in total. The lowest BCUT2D eigenvalue weighted by atomic mass is 9.49. The van der Waals surface area contributed by atoms with E-state index < -0.39 is 91.3 Å². The Hall–Kier alpha value is -1.59. The number of likely N-dealkylation sites (tertiary alicyclic amines) is 1. The maximum atomic E-state index is 13.2. The van der Waals surface area contributed by atoms with Gasteiger partial charge >= 0.3 is 0 Å². The summed E-state index contributed by atoms with van der Waals surface area (Å²) < 4.78 is 108. The molecular formula is C18H21NO4. The van der Waals surface area contributed by atoms with Crippen molar-refractivity contribution in [3.05, 3.63) is 23.2 Å². The van der Waals surface area contributed by atoms with Gasteiger partial charge in [0.1, 0.15) is 0 Å². The molecule has 0 amide bonds. The second-order valence-corrected chi connectivity index (χ2v) is 6.36. The van der Waals surface area contributed by atoms with Crippen molar-refractivity contribution < 1.29 is 35.8 Å². The van der Waals surface area contributed by atoms with Gasteiger partial charge in [-0.15, -0.1) is 0 Å². The first-order valence-electron chi connectivity index (χ1n) is 13.3. The predicted molar refractivity (Wildman–Crippen MR) is 83.0 cm³/mol. The SMILES string of the molecule is [2H]c1c([2H])c2c3c(c1OC([2H])([2H])[2H])OC1C(=O)C([2H])([2H])C[C@@]4(O)[C@H](N(C([2H])([2H])[2H])CC[C@]314)C2([2H])[2H]. The van der Waals surface area contributed by atoms with Gasteiger partial charge in [0, 0.05) is 27.6 Å². The molecule has 4 atom stereocenters. The maximum Gasteiger partial charge on any atom is 0.174 e. The van der Waals surface area contributed by atoms with E-state index in [0.717, 1.165) is 4.90 Å². The third-order valence-electron chi connectivity index (χ3n) is 5.55. The predicted octanol–water partition coefficient (Wildman–Crippen LogP) is 1.05. The average Bonchev–Trinajstić information content (AvgIpc) is 2.99. The van der Waals surface area contributed by atoms with Gasteiger partial charge in [-0.25, -0.2) is 0 Å². The number of hydrogen-bond acceptors (Lipinski definition) is 5. The summed E-state index contributed by atoms with van der Waals surface area (Å²) in [5.41, 5.74) is -5.12. The number of piperidine rings is 1. The normalized spacial score (nSPS) is 53.7. The van der Waals surface area contributed by atoms with E-state index in [0.29, 0.717) is 0 Å². The van der Waals surface area contributed by atoms with E-state index in [1.807, 2.05) is 0 Å². The highest BCUT2D eigenvalue weighted by molar-refractivity contribution is 5.90. The minimum absolute atomic E-state index is 0.236. The number of benzene rings is 1. The van der Waals surface area contributed by atoms with Gasteiger partial charge < -0.3 is 19.5 Å². The molecular weight excluding hydrogens is 294 g/mol. The average molecular weight is 327 g/mol. The number of ether oxygens (including phenoxy) is 2. The molecule has 2 heterocycles. The quantitative estimate of drug-likeness (QED) is 0.835. The third-order valence-corrected chi connectivity index (χ3v) is 5.55. The molecule has 2 aliphatic heterocycles. The highest BCUT2D eigenvalue weighted by Gasteiger charge is 2.72. The van der Waals surface area contributed by atoms with Crippen molar-refractivity contribution in [2.45, 2.75) is 48.7 Å². The molecule has 1 aromatic carbocycles. The molecule has 5 rings (SSSR count). The van der Waals surface area contributed by atoms with Crippen LogP contribution in [0.2, 0.25) is 0 Å². The molecule has 1 unspecified atom stereocenters. The molecule has 0 radical (unpaired) electrons. The fourth-order valence-electron chi connectivity index (χ4n) is 4.56. The van der Waals surface area contributed by atoms with Crippen molar-refractivity contribution in [3.8, 4) is 11.5 Å². The standard InChI is InChI=1S/C18H21NO4/c1-19-8-7-17-14-10-3-4-12(22-2)15(14)23-16(17)11(20)5-6-18(17,21)13(19)9-10/h3-4,13,16,21H,5-9H2,1-2H3/t13-,16?,17+,18-/m1/s1/i1D3,2D3,3D,4D,5D2,9D2. The summed E-state index contributed by atoms with van der Waals surface area (Å²) >= 11 is 0. The van der Waals surface area contributed by atoms with Crippen LogP contribution in [0.1, 0.15) is 46.8 Å². The number of ketones is 1. The van der Waals surface area contributed by atoms with Crippen LogP contribution in [0, 0.1) is 0 Å². The van der Waals surface area contributed by atoms with Crippen molar-refractivity contribution in [2.75, 3.05) is 20.6 Å². The monoisotopic (exact) mass is 327 g/mol. The van der Waals surface area contributed by atoms with Crippen LogP contribution in [0.5, 0.6) is 11.5 Å². The smallest absolute Gasteiger partial charge is 0.174 e. The van der Waals surface area contributed by atoms with Crippen LogP contribution in [0.15, 0.2) is 12.1 Å². The first-order valence-corrected chi connectivity index (χ1v) is 7.29. The van der Waals surface area contributed by atoms with Crippen LogP contribution in [0.3, 0.4) is 0 Å². The lowest BCUT2D eigenvalue weighted by Crippen LogP contribution is -2.76. The van der Waals surface area contributed by atoms with Gasteiger partial charge in [0.2, 0.25) is 0 Å². The summed E-state index contributed by atoms with van der Waals surface area (Å²) in [6.07, 6.45) is -8.59. The fourth-order valence-corrected chi connectivity index (χ4v) is 4.56. The first-order chi connectivity index (χ1) is 15.7. The minimum atomic E-state index is -3.11. The van der Waals surface area contributed by atoms with E-state index in [1.165, 1.54) is 0 Å². The Morgan fingerprint density at radius 1 is 1.57 bits per heavy atom. The summed E-state index contributed by atoms with van der Waals surface area (Å²) in [6, 6.07) is -3.58. The number of nitrogens with zero attached hydrogens (tertiary/aromatic N) is 1.